The van der Waals surface area contributed by atoms with Gasteiger partial charge in [-0.3, -0.25) is 9.78 Å². The number of aryl methyl sites for hydroxylation is 1. The minimum absolute atomic E-state index is 0.0145. The topological polar surface area (TPSA) is 71.9 Å². The van der Waals surface area contributed by atoms with E-state index in [-0.39, 0.29) is 18.7 Å². The molecule has 6 nitrogen and oxygen atoms in total. The van der Waals surface area contributed by atoms with E-state index in [1.807, 2.05) is 30.1 Å². The summed E-state index contributed by atoms with van der Waals surface area (Å²) in [5.74, 6) is 0.833. The summed E-state index contributed by atoms with van der Waals surface area (Å²) in [5.41, 5.74) is 3.56. The first-order valence-corrected chi connectivity index (χ1v) is 9.24. The molecule has 1 aliphatic rings. The summed E-state index contributed by atoms with van der Waals surface area (Å²) in [6.45, 7) is 0.211. The van der Waals surface area contributed by atoms with Gasteiger partial charge in [0.1, 0.15) is 11.5 Å². The van der Waals surface area contributed by atoms with E-state index in [2.05, 4.69) is 9.97 Å². The molecule has 0 aliphatic heterocycles. The second kappa shape index (κ2) is 7.80. The minimum Gasteiger partial charge on any atom is -0.352 e. The van der Waals surface area contributed by atoms with E-state index in [1.54, 1.807) is 12.3 Å². The van der Waals surface area contributed by atoms with Crippen LogP contribution >= 0.6 is 0 Å². The highest BCUT2D eigenvalue weighted by Crippen LogP contribution is 2.30. The zero-order chi connectivity index (χ0) is 19.5. The van der Waals surface area contributed by atoms with Crippen LogP contribution in [0, 0.1) is 5.95 Å². The van der Waals surface area contributed by atoms with Crippen LogP contribution in [0.1, 0.15) is 23.2 Å². The largest absolute Gasteiger partial charge is 0.352 e. The second-order valence-electron chi connectivity index (χ2n) is 6.93. The highest BCUT2D eigenvalue weighted by atomic mass is 19.1. The quantitative estimate of drug-likeness (QED) is 0.615. The van der Waals surface area contributed by atoms with E-state index >= 15 is 0 Å². The number of Topliss-reactive ketones (excluding diaryl/α,β-unsaturated/α-hetero) is 1. The molecule has 0 radical (unpaired) electrons. The number of nitrogens with zero attached hydrogens (tertiary/aromatic N) is 5. The standard InChI is InChI=1S/C21H20FN5O/c1-27(13-15(28)11-14-8-9-19(22)24-12-14)21-16-5-4-7-17(16)25-20(26-21)18-6-2-3-10-23-18/h2-3,6,8-10,12H,4-5,7,11,13H2,1H3. The van der Waals surface area contributed by atoms with Crippen LogP contribution in [0.4, 0.5) is 10.2 Å². The summed E-state index contributed by atoms with van der Waals surface area (Å²) in [6.07, 6.45) is 6.18. The van der Waals surface area contributed by atoms with Gasteiger partial charge in [0.05, 0.1) is 6.54 Å². The number of fused-ring (bicyclic) bond motifs is 1. The molecule has 7 heteroatoms. The van der Waals surface area contributed by atoms with Crippen molar-refractivity contribution in [3.63, 3.8) is 0 Å². The molecule has 1 aliphatic carbocycles. The number of ketones is 1. The van der Waals surface area contributed by atoms with Gasteiger partial charge >= 0.3 is 0 Å². The fraction of sp³-hybridized carbons (Fsp3) is 0.286. The third-order valence-electron chi connectivity index (χ3n) is 4.77. The van der Waals surface area contributed by atoms with Crippen LogP contribution in [-0.2, 0) is 24.1 Å². The fourth-order valence-electron chi connectivity index (χ4n) is 3.47. The molecule has 142 valence electrons. The van der Waals surface area contributed by atoms with Crippen LogP contribution < -0.4 is 4.90 Å². The normalized spacial score (nSPS) is 12.6. The molecule has 0 fully saturated rings. The van der Waals surface area contributed by atoms with E-state index < -0.39 is 5.95 Å². The van der Waals surface area contributed by atoms with E-state index in [0.717, 1.165) is 42.0 Å². The second-order valence-corrected chi connectivity index (χ2v) is 6.93. The van der Waals surface area contributed by atoms with Gasteiger partial charge in [-0.1, -0.05) is 12.1 Å². The molecule has 0 atom stereocenters. The van der Waals surface area contributed by atoms with Gasteiger partial charge < -0.3 is 4.90 Å². The molecule has 3 aromatic rings. The lowest BCUT2D eigenvalue weighted by atomic mass is 10.1. The van der Waals surface area contributed by atoms with Crippen molar-refractivity contribution in [1.29, 1.82) is 0 Å². The van der Waals surface area contributed by atoms with Crippen LogP contribution in [0.25, 0.3) is 11.5 Å². The Morgan fingerprint density at radius 2 is 2.04 bits per heavy atom. The number of hydrogen-bond acceptors (Lipinski definition) is 6. The average molecular weight is 377 g/mol. The highest BCUT2D eigenvalue weighted by molar-refractivity contribution is 5.85. The van der Waals surface area contributed by atoms with Gasteiger partial charge in [-0.2, -0.15) is 4.39 Å². The lowest BCUT2D eigenvalue weighted by Crippen LogP contribution is -2.28. The Balaban J connectivity index is 1.56. The summed E-state index contributed by atoms with van der Waals surface area (Å²) in [5, 5.41) is 0. The Kier molecular flexibility index (Phi) is 5.06. The number of rotatable bonds is 6. The zero-order valence-corrected chi connectivity index (χ0v) is 15.6. The van der Waals surface area contributed by atoms with Crippen LogP contribution in [0.15, 0.2) is 42.7 Å². The van der Waals surface area contributed by atoms with Crippen LogP contribution in [0.5, 0.6) is 0 Å². The number of carbonyl (C=O) groups is 1. The predicted octanol–water partition coefficient (Wildman–Crippen LogP) is 2.81. The van der Waals surface area contributed by atoms with Crippen molar-refractivity contribution in [1.82, 2.24) is 19.9 Å². The maximum absolute atomic E-state index is 12.9. The van der Waals surface area contributed by atoms with E-state index in [0.29, 0.717) is 11.4 Å². The Morgan fingerprint density at radius 1 is 1.14 bits per heavy atom. The molecule has 0 saturated carbocycles. The molecular formula is C21H20FN5O. The van der Waals surface area contributed by atoms with Gasteiger partial charge in [-0.15, -0.1) is 0 Å². The molecule has 0 amide bonds. The number of carbonyl (C=O) groups excluding carboxylic acids is 1. The van der Waals surface area contributed by atoms with Crippen molar-refractivity contribution < 1.29 is 9.18 Å². The number of aromatic nitrogens is 4. The summed E-state index contributed by atoms with van der Waals surface area (Å²) in [4.78, 5) is 31.8. The number of anilines is 1. The van der Waals surface area contributed by atoms with Crippen LogP contribution in [0.3, 0.4) is 0 Å². The summed E-state index contributed by atoms with van der Waals surface area (Å²) in [7, 11) is 1.87. The van der Waals surface area contributed by atoms with Crippen molar-refractivity contribution in [3.05, 3.63) is 65.5 Å². The first kappa shape index (κ1) is 18.2. The van der Waals surface area contributed by atoms with Crippen molar-refractivity contribution in [2.24, 2.45) is 0 Å². The number of pyridine rings is 2. The monoisotopic (exact) mass is 377 g/mol. The first-order chi connectivity index (χ1) is 13.6. The maximum atomic E-state index is 12.9. The van der Waals surface area contributed by atoms with E-state index in [4.69, 9.17) is 9.97 Å². The van der Waals surface area contributed by atoms with Gasteiger partial charge in [0, 0.05) is 37.1 Å². The van der Waals surface area contributed by atoms with E-state index in [9.17, 15) is 9.18 Å². The molecule has 0 N–H and O–H groups in total. The Bertz CT molecular complexity index is 992. The number of hydrogen-bond donors (Lipinski definition) is 0. The zero-order valence-electron chi connectivity index (χ0n) is 15.6. The summed E-state index contributed by atoms with van der Waals surface area (Å²) < 4.78 is 12.9. The number of likely N-dealkylation sites (N-methyl/N-ethyl adjacent to an activating group) is 1. The Hall–Kier alpha value is -3.22. The molecule has 0 unspecified atom stereocenters. The summed E-state index contributed by atoms with van der Waals surface area (Å²) in [6, 6.07) is 8.49. The molecule has 0 spiro atoms. The van der Waals surface area contributed by atoms with E-state index in [1.165, 1.54) is 12.3 Å². The SMILES string of the molecule is CN(CC(=O)Cc1ccc(F)nc1)c1nc(-c2ccccn2)nc2c1CCC2. The van der Waals surface area contributed by atoms with Crippen molar-refractivity contribution in [3.8, 4) is 11.5 Å². The third kappa shape index (κ3) is 3.88. The molecule has 28 heavy (non-hydrogen) atoms. The fourth-order valence-corrected chi connectivity index (χ4v) is 3.47. The Morgan fingerprint density at radius 3 is 2.79 bits per heavy atom. The summed E-state index contributed by atoms with van der Waals surface area (Å²) >= 11 is 0. The predicted molar refractivity (Wildman–Crippen MR) is 103 cm³/mol. The van der Waals surface area contributed by atoms with Crippen LogP contribution in [0.2, 0.25) is 0 Å². The maximum Gasteiger partial charge on any atom is 0.212 e. The lowest BCUT2D eigenvalue weighted by Gasteiger charge is -2.21. The van der Waals surface area contributed by atoms with Crippen LogP contribution in [-0.4, -0.2) is 39.3 Å². The highest BCUT2D eigenvalue weighted by Gasteiger charge is 2.23. The molecular weight excluding hydrogens is 357 g/mol. The lowest BCUT2D eigenvalue weighted by molar-refractivity contribution is -0.117. The van der Waals surface area contributed by atoms with Gasteiger partial charge in [-0.25, -0.2) is 15.0 Å². The van der Waals surface area contributed by atoms with Crippen molar-refractivity contribution >= 4 is 11.6 Å². The van der Waals surface area contributed by atoms with Gasteiger partial charge in [0.2, 0.25) is 5.95 Å². The first-order valence-electron chi connectivity index (χ1n) is 9.24. The van der Waals surface area contributed by atoms with Crippen molar-refractivity contribution in [2.45, 2.75) is 25.7 Å². The molecule has 3 heterocycles. The third-order valence-corrected chi connectivity index (χ3v) is 4.77. The molecule has 3 aromatic heterocycles. The van der Waals surface area contributed by atoms with Crippen molar-refractivity contribution in [2.75, 3.05) is 18.5 Å². The molecule has 0 aromatic carbocycles. The molecule has 4 rings (SSSR count). The average Bonchev–Trinajstić information content (AvgIpc) is 3.18. The van der Waals surface area contributed by atoms with Gasteiger partial charge in [0.15, 0.2) is 11.6 Å². The van der Waals surface area contributed by atoms with Gasteiger partial charge in [0.25, 0.3) is 0 Å². The Labute approximate surface area is 162 Å². The molecule has 0 saturated heterocycles. The smallest absolute Gasteiger partial charge is 0.212 e. The van der Waals surface area contributed by atoms with Gasteiger partial charge in [-0.05, 0) is 43.0 Å². The molecule has 0 bridgehead atoms. The minimum atomic E-state index is -0.549. The number of halogens is 1.